The number of nitrogens with one attached hydrogen (secondary N) is 1. The van der Waals surface area contributed by atoms with Crippen molar-refractivity contribution in [2.24, 2.45) is 10.7 Å². The maximum Gasteiger partial charge on any atom is 0.342 e. The molecular weight excluding hydrogens is 588 g/mol. The number of esters is 1. The Kier molecular flexibility index (Phi) is 8.78. The molecule has 0 saturated heterocycles. The molecule has 0 saturated carbocycles. The molecule has 1 aromatic carbocycles. The number of ether oxygens (including phenoxy) is 1. The first-order chi connectivity index (χ1) is 20.7. The van der Waals surface area contributed by atoms with Crippen LogP contribution in [0, 0.1) is 44.5 Å². The Hall–Kier alpha value is -4.68. The van der Waals surface area contributed by atoms with Crippen LogP contribution in [0.15, 0.2) is 39.7 Å². The molecule has 3 aromatic heterocycles. The molecule has 0 fully saturated rings. The highest BCUT2D eigenvalue weighted by Gasteiger charge is 2.32. The maximum atomic E-state index is 13.2. The number of nitrogens with two attached hydrogens (primary N) is 1. The zero-order chi connectivity index (χ0) is 30.7. The van der Waals surface area contributed by atoms with Gasteiger partial charge in [-0.2, -0.15) is 0 Å². The van der Waals surface area contributed by atoms with Gasteiger partial charge in [0.25, 0.3) is 0 Å². The van der Waals surface area contributed by atoms with Crippen LogP contribution in [0.3, 0.4) is 0 Å². The summed E-state index contributed by atoms with van der Waals surface area (Å²) in [6.07, 6.45) is 0.0108. The molecule has 1 aliphatic rings. The van der Waals surface area contributed by atoms with Gasteiger partial charge in [-0.1, -0.05) is 35.6 Å². The summed E-state index contributed by atoms with van der Waals surface area (Å²) in [6, 6.07) is 8.32. The number of methoxy groups -OCH3 is 1. The smallest absolute Gasteiger partial charge is 0.342 e. The average Bonchev–Trinajstić information content (AvgIpc) is 3.64. The molecule has 218 valence electrons. The molecule has 0 unspecified atom stereocenters. The Morgan fingerprint density at radius 1 is 1.16 bits per heavy atom. The summed E-state index contributed by atoms with van der Waals surface area (Å²) in [5.41, 5.74) is 9.29. The van der Waals surface area contributed by atoms with Gasteiger partial charge in [0.1, 0.15) is 22.4 Å². The first kappa shape index (κ1) is 29.8. The first-order valence-corrected chi connectivity index (χ1v) is 14.4. The number of furan rings is 1. The largest absolute Gasteiger partial charge is 0.465 e. The summed E-state index contributed by atoms with van der Waals surface area (Å²) < 4.78 is 12.4. The zero-order valence-electron chi connectivity index (χ0n) is 23.9. The third kappa shape index (κ3) is 6.11. The Morgan fingerprint density at radius 2 is 1.93 bits per heavy atom. The minimum absolute atomic E-state index is 0.00178. The Labute approximate surface area is 257 Å². The van der Waals surface area contributed by atoms with E-state index in [-0.39, 0.29) is 42.5 Å². The number of hydrogen-bond donors (Lipinski definition) is 2. The summed E-state index contributed by atoms with van der Waals surface area (Å²) in [4.78, 5) is 31.6. The van der Waals surface area contributed by atoms with Crippen molar-refractivity contribution in [2.75, 3.05) is 20.2 Å². The third-order valence-corrected chi connectivity index (χ3v) is 8.21. The molecule has 0 bridgehead atoms. The molecule has 4 heterocycles. The SMILES string of the molecule is COC(=O)c1cc(C#CCN)oc1C#CCNC(=O)C[C@@H]1N=C(c2ccc(Cl)cc2)c2c(sc(C)c2C)-n2c(C)nnc21. The van der Waals surface area contributed by atoms with Crippen molar-refractivity contribution in [3.63, 3.8) is 0 Å². The minimum atomic E-state index is -0.612. The van der Waals surface area contributed by atoms with Gasteiger partial charge in [0.2, 0.25) is 5.91 Å². The van der Waals surface area contributed by atoms with E-state index in [1.54, 1.807) is 11.3 Å². The second kappa shape index (κ2) is 12.7. The van der Waals surface area contributed by atoms with Gasteiger partial charge < -0.3 is 20.2 Å². The van der Waals surface area contributed by atoms with E-state index >= 15 is 0 Å². The summed E-state index contributed by atoms with van der Waals surface area (Å²) in [6.45, 7) is 6.16. The second-order valence-corrected chi connectivity index (χ2v) is 11.2. The lowest BCUT2D eigenvalue weighted by atomic mass is 9.99. The monoisotopic (exact) mass is 614 g/mol. The van der Waals surface area contributed by atoms with E-state index in [0.717, 1.165) is 32.3 Å². The second-order valence-electron chi connectivity index (χ2n) is 9.54. The summed E-state index contributed by atoms with van der Waals surface area (Å²) in [5, 5.41) is 13.1. The number of rotatable bonds is 5. The van der Waals surface area contributed by atoms with Crippen molar-refractivity contribution in [1.82, 2.24) is 20.1 Å². The number of aryl methyl sites for hydroxylation is 2. The van der Waals surface area contributed by atoms with Crippen molar-refractivity contribution in [3.8, 4) is 28.7 Å². The predicted molar refractivity (Wildman–Crippen MR) is 164 cm³/mol. The number of aromatic nitrogens is 3. The predicted octanol–water partition coefficient (Wildman–Crippen LogP) is 4.05. The van der Waals surface area contributed by atoms with Crippen LogP contribution in [-0.2, 0) is 9.53 Å². The molecule has 0 spiro atoms. The van der Waals surface area contributed by atoms with E-state index in [4.69, 9.17) is 31.5 Å². The van der Waals surface area contributed by atoms with Gasteiger partial charge in [0.15, 0.2) is 17.3 Å². The molecule has 12 heteroatoms. The van der Waals surface area contributed by atoms with Crippen LogP contribution in [-0.4, -0.2) is 52.6 Å². The van der Waals surface area contributed by atoms with E-state index in [9.17, 15) is 9.59 Å². The van der Waals surface area contributed by atoms with E-state index in [0.29, 0.717) is 16.7 Å². The number of halogens is 1. The Bertz CT molecular complexity index is 1880. The molecule has 0 aliphatic carbocycles. The van der Waals surface area contributed by atoms with Crippen LogP contribution in [0.25, 0.3) is 5.00 Å². The number of carbonyl (C=O) groups is 2. The third-order valence-electron chi connectivity index (χ3n) is 6.76. The van der Waals surface area contributed by atoms with E-state index in [2.05, 4.69) is 53.0 Å². The quantitative estimate of drug-likeness (QED) is 0.256. The average molecular weight is 615 g/mol. The maximum absolute atomic E-state index is 13.2. The molecule has 43 heavy (non-hydrogen) atoms. The van der Waals surface area contributed by atoms with Crippen LogP contribution >= 0.6 is 22.9 Å². The number of amides is 1. The van der Waals surface area contributed by atoms with Gasteiger partial charge in [-0.05, 0) is 50.3 Å². The molecule has 4 aromatic rings. The number of thiophene rings is 1. The first-order valence-electron chi connectivity index (χ1n) is 13.2. The van der Waals surface area contributed by atoms with Gasteiger partial charge in [-0.15, -0.1) is 21.5 Å². The van der Waals surface area contributed by atoms with E-state index in [1.807, 2.05) is 35.8 Å². The van der Waals surface area contributed by atoms with Crippen LogP contribution in [0.5, 0.6) is 0 Å². The molecule has 1 aliphatic heterocycles. The van der Waals surface area contributed by atoms with Crippen molar-refractivity contribution >= 4 is 40.5 Å². The van der Waals surface area contributed by atoms with Gasteiger partial charge in [0, 0.05) is 27.1 Å². The molecule has 1 amide bonds. The van der Waals surface area contributed by atoms with Crippen molar-refractivity contribution in [3.05, 3.63) is 85.7 Å². The lowest BCUT2D eigenvalue weighted by Crippen LogP contribution is -2.25. The summed E-state index contributed by atoms with van der Waals surface area (Å²) in [5.74, 6) is 11.7. The Balaban J connectivity index is 1.41. The number of hydrogen-bond acceptors (Lipinski definition) is 9. The molecule has 3 N–H and O–H groups in total. The van der Waals surface area contributed by atoms with E-state index < -0.39 is 12.0 Å². The normalized spacial score (nSPS) is 13.3. The standard InChI is InChI=1S/C31H27ClN6O4S/c1-17-18(2)43-30-27(17)28(20-9-11-21(32)12-10-20)35-24(29-37-36-19(3)38(29)30)16-26(39)34-14-6-8-25-23(31(40)41-4)15-22(42-25)7-5-13-33/h9-12,15,24H,13-14,16,33H2,1-4H3,(H,34,39)/t24-/m0/s1. The van der Waals surface area contributed by atoms with E-state index in [1.165, 1.54) is 13.2 Å². The van der Waals surface area contributed by atoms with Gasteiger partial charge in [-0.3, -0.25) is 14.4 Å². The van der Waals surface area contributed by atoms with Crippen LogP contribution in [0.4, 0.5) is 0 Å². The fourth-order valence-corrected chi connectivity index (χ4v) is 5.93. The number of benzene rings is 1. The van der Waals surface area contributed by atoms with Crippen molar-refractivity contribution < 1.29 is 18.7 Å². The topological polar surface area (TPSA) is 138 Å². The van der Waals surface area contributed by atoms with Gasteiger partial charge >= 0.3 is 5.97 Å². The highest BCUT2D eigenvalue weighted by molar-refractivity contribution is 7.15. The molecule has 10 nitrogen and oxygen atoms in total. The van der Waals surface area contributed by atoms with Crippen LogP contribution in [0.2, 0.25) is 5.02 Å². The lowest BCUT2D eigenvalue weighted by Gasteiger charge is -2.12. The highest BCUT2D eigenvalue weighted by atomic mass is 35.5. The lowest BCUT2D eigenvalue weighted by molar-refractivity contribution is -0.121. The fraction of sp³-hybridized carbons (Fsp3) is 0.258. The zero-order valence-corrected chi connectivity index (χ0v) is 25.4. The van der Waals surface area contributed by atoms with Crippen LogP contribution < -0.4 is 11.1 Å². The molecular formula is C31H27ClN6O4S. The summed E-state index contributed by atoms with van der Waals surface area (Å²) in [7, 11) is 1.26. The minimum Gasteiger partial charge on any atom is -0.465 e. The number of fused-ring (bicyclic) bond motifs is 3. The summed E-state index contributed by atoms with van der Waals surface area (Å²) >= 11 is 7.82. The molecule has 1 atom stereocenters. The van der Waals surface area contributed by atoms with Crippen LogP contribution in [0.1, 0.15) is 67.6 Å². The van der Waals surface area contributed by atoms with Crippen molar-refractivity contribution in [1.29, 1.82) is 0 Å². The fourth-order valence-electron chi connectivity index (χ4n) is 4.59. The molecule has 5 rings (SSSR count). The molecule has 0 radical (unpaired) electrons. The number of carbonyl (C=O) groups excluding carboxylic acids is 2. The van der Waals surface area contributed by atoms with Crippen molar-refractivity contribution in [2.45, 2.75) is 33.2 Å². The van der Waals surface area contributed by atoms with Gasteiger partial charge in [0.05, 0.1) is 32.3 Å². The van der Waals surface area contributed by atoms with Gasteiger partial charge in [-0.25, -0.2) is 4.79 Å². The highest BCUT2D eigenvalue weighted by Crippen LogP contribution is 2.39. The Morgan fingerprint density at radius 3 is 2.65 bits per heavy atom. The number of nitrogens with zero attached hydrogens (tertiary/aromatic N) is 4. The number of aliphatic imine (C=N–C) groups is 1.